The molecule has 0 saturated heterocycles. The van der Waals surface area contributed by atoms with Crippen LogP contribution in [0.25, 0.3) is 5.69 Å². The Morgan fingerprint density at radius 1 is 1.14 bits per heavy atom. The van der Waals surface area contributed by atoms with E-state index in [2.05, 4.69) is 66.0 Å². The van der Waals surface area contributed by atoms with Gasteiger partial charge in [0.1, 0.15) is 6.33 Å². The van der Waals surface area contributed by atoms with E-state index < -0.39 is 0 Å². The second-order valence-corrected chi connectivity index (χ2v) is 7.94. The summed E-state index contributed by atoms with van der Waals surface area (Å²) in [6.07, 6.45) is 4.11. The number of halogens is 1. The molecule has 1 fully saturated rings. The molecular formula is C21H23BrN6. The van der Waals surface area contributed by atoms with Crippen molar-refractivity contribution in [2.75, 3.05) is 13.6 Å². The third-order valence-corrected chi connectivity index (χ3v) is 5.67. The number of hydrogen-bond donors (Lipinski definition) is 2. The lowest BCUT2D eigenvalue weighted by atomic mass is 9.96. The van der Waals surface area contributed by atoms with E-state index in [0.717, 1.165) is 28.5 Å². The zero-order valence-electron chi connectivity index (χ0n) is 15.8. The van der Waals surface area contributed by atoms with Gasteiger partial charge < -0.3 is 10.6 Å². The third kappa shape index (κ3) is 4.09. The van der Waals surface area contributed by atoms with Crippen molar-refractivity contribution in [3.63, 3.8) is 0 Å². The second-order valence-electron chi connectivity index (χ2n) is 7.02. The van der Waals surface area contributed by atoms with Crippen molar-refractivity contribution in [3.8, 4) is 5.69 Å². The SMILES string of the molecule is CN=C(NCc1nncn1-c1ccccc1)NCC1(c2cccc(Br)c2)CC1. The number of aromatic nitrogens is 3. The predicted molar refractivity (Wildman–Crippen MR) is 115 cm³/mol. The Hall–Kier alpha value is -2.67. The van der Waals surface area contributed by atoms with Crippen LogP contribution in [0.3, 0.4) is 0 Å². The van der Waals surface area contributed by atoms with Gasteiger partial charge in [-0.1, -0.05) is 46.3 Å². The summed E-state index contributed by atoms with van der Waals surface area (Å²) in [6, 6.07) is 18.7. The molecule has 0 radical (unpaired) electrons. The van der Waals surface area contributed by atoms with Gasteiger partial charge in [-0.2, -0.15) is 0 Å². The molecule has 0 bridgehead atoms. The van der Waals surface area contributed by atoms with Crippen LogP contribution < -0.4 is 10.6 Å². The van der Waals surface area contributed by atoms with Crippen LogP contribution in [0.15, 0.2) is 70.4 Å². The van der Waals surface area contributed by atoms with E-state index in [1.165, 1.54) is 18.4 Å². The molecule has 1 saturated carbocycles. The molecule has 4 rings (SSSR count). The zero-order valence-corrected chi connectivity index (χ0v) is 17.4. The average Bonchev–Trinajstić information content (AvgIpc) is 3.38. The first kappa shape index (κ1) is 18.7. The Labute approximate surface area is 173 Å². The van der Waals surface area contributed by atoms with Crippen LogP contribution in [0, 0.1) is 0 Å². The smallest absolute Gasteiger partial charge is 0.191 e. The fourth-order valence-corrected chi connectivity index (χ4v) is 3.76. The summed E-state index contributed by atoms with van der Waals surface area (Å²) in [4.78, 5) is 4.36. The molecule has 0 atom stereocenters. The largest absolute Gasteiger partial charge is 0.356 e. The van der Waals surface area contributed by atoms with Gasteiger partial charge in [0.05, 0.1) is 6.54 Å². The maximum Gasteiger partial charge on any atom is 0.191 e. The number of para-hydroxylation sites is 1. The van der Waals surface area contributed by atoms with Crippen molar-refractivity contribution in [2.24, 2.45) is 4.99 Å². The molecule has 1 aliphatic rings. The van der Waals surface area contributed by atoms with Gasteiger partial charge in [-0.15, -0.1) is 10.2 Å². The molecule has 28 heavy (non-hydrogen) atoms. The molecule has 0 aliphatic heterocycles. The van der Waals surface area contributed by atoms with E-state index in [4.69, 9.17) is 0 Å². The van der Waals surface area contributed by atoms with Crippen LogP contribution in [-0.2, 0) is 12.0 Å². The lowest BCUT2D eigenvalue weighted by Gasteiger charge is -2.19. The summed E-state index contributed by atoms with van der Waals surface area (Å²) in [5, 5.41) is 15.1. The molecule has 3 aromatic rings. The van der Waals surface area contributed by atoms with Crippen LogP contribution in [0.4, 0.5) is 0 Å². The summed E-state index contributed by atoms with van der Waals surface area (Å²) in [5.41, 5.74) is 2.61. The first-order valence-electron chi connectivity index (χ1n) is 9.35. The normalized spacial score (nSPS) is 15.3. The Bertz CT molecular complexity index is 962. The quantitative estimate of drug-likeness (QED) is 0.456. The van der Waals surface area contributed by atoms with Crippen molar-refractivity contribution in [3.05, 3.63) is 76.8 Å². The van der Waals surface area contributed by atoms with E-state index in [-0.39, 0.29) is 5.41 Å². The number of guanidine groups is 1. The number of nitrogens with zero attached hydrogens (tertiary/aromatic N) is 4. The molecule has 7 heteroatoms. The molecule has 1 aromatic heterocycles. The van der Waals surface area contributed by atoms with Gasteiger partial charge in [-0.3, -0.25) is 9.56 Å². The average molecular weight is 439 g/mol. The highest BCUT2D eigenvalue weighted by atomic mass is 79.9. The van der Waals surface area contributed by atoms with Crippen molar-refractivity contribution in [2.45, 2.75) is 24.8 Å². The van der Waals surface area contributed by atoms with Gasteiger partial charge in [-0.05, 0) is 42.7 Å². The molecule has 1 heterocycles. The molecular weight excluding hydrogens is 416 g/mol. The van der Waals surface area contributed by atoms with Gasteiger partial charge >= 0.3 is 0 Å². The van der Waals surface area contributed by atoms with E-state index in [1.807, 2.05) is 34.9 Å². The number of rotatable bonds is 6. The van der Waals surface area contributed by atoms with Crippen LogP contribution >= 0.6 is 15.9 Å². The maximum atomic E-state index is 4.36. The van der Waals surface area contributed by atoms with Crippen molar-refractivity contribution in [1.82, 2.24) is 25.4 Å². The summed E-state index contributed by atoms with van der Waals surface area (Å²) in [5.74, 6) is 1.60. The first-order valence-corrected chi connectivity index (χ1v) is 10.1. The Balaban J connectivity index is 1.37. The van der Waals surface area contributed by atoms with Gasteiger partial charge in [0.2, 0.25) is 0 Å². The molecule has 0 spiro atoms. The Morgan fingerprint density at radius 3 is 2.68 bits per heavy atom. The molecule has 2 N–H and O–H groups in total. The zero-order chi connectivity index (χ0) is 19.4. The number of aliphatic imine (C=N–C) groups is 1. The molecule has 6 nitrogen and oxygen atoms in total. The van der Waals surface area contributed by atoms with E-state index in [9.17, 15) is 0 Å². The van der Waals surface area contributed by atoms with Gasteiger partial charge in [0, 0.05) is 29.2 Å². The fourth-order valence-electron chi connectivity index (χ4n) is 3.36. The minimum Gasteiger partial charge on any atom is -0.356 e. The van der Waals surface area contributed by atoms with Crippen molar-refractivity contribution in [1.29, 1.82) is 0 Å². The van der Waals surface area contributed by atoms with E-state index in [0.29, 0.717) is 6.54 Å². The predicted octanol–water partition coefficient (Wildman–Crippen LogP) is 3.43. The summed E-state index contributed by atoms with van der Waals surface area (Å²) in [7, 11) is 1.79. The molecule has 1 aliphatic carbocycles. The minimum absolute atomic E-state index is 0.200. The highest BCUT2D eigenvalue weighted by Gasteiger charge is 2.44. The van der Waals surface area contributed by atoms with Crippen molar-refractivity contribution < 1.29 is 0 Å². The Kier molecular flexibility index (Phi) is 5.43. The van der Waals surface area contributed by atoms with Crippen LogP contribution in [0.5, 0.6) is 0 Å². The summed E-state index contributed by atoms with van der Waals surface area (Å²) in [6.45, 7) is 1.40. The highest BCUT2D eigenvalue weighted by molar-refractivity contribution is 9.10. The number of benzene rings is 2. The summed E-state index contributed by atoms with van der Waals surface area (Å²) >= 11 is 3.58. The third-order valence-electron chi connectivity index (χ3n) is 5.18. The van der Waals surface area contributed by atoms with Gasteiger partial charge in [0.25, 0.3) is 0 Å². The fraction of sp³-hybridized carbons (Fsp3) is 0.286. The maximum absolute atomic E-state index is 4.36. The lowest BCUT2D eigenvalue weighted by Crippen LogP contribution is -2.41. The van der Waals surface area contributed by atoms with Crippen molar-refractivity contribution >= 4 is 21.9 Å². The van der Waals surface area contributed by atoms with Crippen LogP contribution in [-0.4, -0.2) is 34.3 Å². The summed E-state index contributed by atoms with van der Waals surface area (Å²) < 4.78 is 3.10. The van der Waals surface area contributed by atoms with Gasteiger partial charge in [-0.25, -0.2) is 0 Å². The van der Waals surface area contributed by atoms with Gasteiger partial charge in [0.15, 0.2) is 11.8 Å². The van der Waals surface area contributed by atoms with Crippen LogP contribution in [0.2, 0.25) is 0 Å². The van der Waals surface area contributed by atoms with Crippen LogP contribution in [0.1, 0.15) is 24.2 Å². The molecule has 0 amide bonds. The number of nitrogens with one attached hydrogen (secondary N) is 2. The molecule has 0 unspecified atom stereocenters. The molecule has 2 aromatic carbocycles. The lowest BCUT2D eigenvalue weighted by molar-refractivity contribution is 0.642. The first-order chi connectivity index (χ1) is 13.7. The molecule has 144 valence electrons. The number of hydrogen-bond acceptors (Lipinski definition) is 3. The highest BCUT2D eigenvalue weighted by Crippen LogP contribution is 2.48. The second kappa shape index (κ2) is 8.14. The minimum atomic E-state index is 0.200. The monoisotopic (exact) mass is 438 g/mol. The van der Waals surface area contributed by atoms with E-state index in [1.54, 1.807) is 13.4 Å². The topological polar surface area (TPSA) is 67.1 Å². The Morgan fingerprint density at radius 2 is 1.96 bits per heavy atom. The van der Waals surface area contributed by atoms with E-state index >= 15 is 0 Å². The standard InChI is InChI=1S/C21H23BrN6/c1-23-20(25-14-21(10-11-21)16-6-5-7-17(22)12-16)24-13-19-27-26-15-28(19)18-8-3-2-4-9-18/h2-9,12,15H,10-11,13-14H2,1H3,(H2,23,24,25).